The number of halogens is 5. The Morgan fingerprint density at radius 2 is 1.55 bits per heavy atom. The highest BCUT2D eigenvalue weighted by atomic mass is 35.5. The van der Waals surface area contributed by atoms with Crippen LogP contribution >= 0.6 is 23.2 Å². The number of para-hydroxylation sites is 1. The number of nitrogens with one attached hydrogen (secondary N) is 1. The number of pyridine rings is 1. The number of hydrogen-bond donors (Lipinski definition) is 2. The second-order valence-electron chi connectivity index (χ2n) is 15.3. The zero-order valence-corrected chi connectivity index (χ0v) is 32.8. The van der Waals surface area contributed by atoms with E-state index in [1.54, 1.807) is 66.7 Å². The summed E-state index contributed by atoms with van der Waals surface area (Å²) in [4.78, 5) is 64.0. The van der Waals surface area contributed by atoms with Crippen molar-refractivity contribution in [1.82, 2.24) is 9.99 Å². The van der Waals surface area contributed by atoms with Crippen LogP contribution in [0.3, 0.4) is 0 Å². The van der Waals surface area contributed by atoms with Gasteiger partial charge in [0, 0.05) is 28.8 Å². The van der Waals surface area contributed by atoms with E-state index in [1.807, 2.05) is 36.4 Å². The van der Waals surface area contributed by atoms with Gasteiger partial charge in [-0.15, -0.1) is 0 Å². The van der Waals surface area contributed by atoms with E-state index in [2.05, 4.69) is 10.4 Å². The maximum absolute atomic E-state index is 15.5. The van der Waals surface area contributed by atoms with Crippen LogP contribution in [0.25, 0.3) is 0 Å². The van der Waals surface area contributed by atoms with E-state index in [0.717, 1.165) is 5.56 Å². The molecule has 2 N–H and O–H groups in total. The van der Waals surface area contributed by atoms with Gasteiger partial charge in [0.25, 0.3) is 11.8 Å². The summed E-state index contributed by atoms with van der Waals surface area (Å²) in [6.45, 7) is 0.193. The van der Waals surface area contributed by atoms with Crippen molar-refractivity contribution >= 4 is 58.3 Å². The van der Waals surface area contributed by atoms with Crippen LogP contribution in [-0.2, 0) is 37.4 Å². The second kappa shape index (κ2) is 14.8. The fourth-order valence-corrected chi connectivity index (χ4v) is 9.89. The quantitative estimate of drug-likeness (QED) is 0.117. The van der Waals surface area contributed by atoms with Crippen molar-refractivity contribution < 1.29 is 42.2 Å². The molecule has 2 aliphatic carbocycles. The molecule has 3 heterocycles. The second-order valence-corrected chi connectivity index (χ2v) is 16.1. The van der Waals surface area contributed by atoms with Crippen LogP contribution in [0, 0.1) is 23.7 Å². The third kappa shape index (κ3) is 6.29. The zero-order valence-electron chi connectivity index (χ0n) is 31.3. The SMILES string of the molecule is O=C1C2CC3C(=CCC4C(=O)N(c5ccccc5)C(=O)C43)C(c3ccc(OCc4ccccc4)cc3O)C2(c2ccc(Cl)cc2)C(=O)N1Nc1ncc(C(F)(F)F)cc1Cl. The average molecular weight is 854 g/mol. The standard InChI is InChI=1S/C45H33Cl2F3N4O6/c46-27-13-11-25(12-14-27)44-34(41(57)54(43(44)59)52-39-35(47)19-26(22-51-39)45(48,49)50)21-33-30(17-18-32-37(33)42(58)53(40(32)56)28-9-5-2-6-10-28)38(44)31-16-15-29(20-36(31)55)60-23-24-7-3-1-4-8-24/h1-17,19-20,22,32-34,37-38,55H,18,21,23H2,(H,51,52). The Kier molecular flexibility index (Phi) is 9.71. The van der Waals surface area contributed by atoms with E-state index in [1.165, 1.54) is 11.0 Å². The van der Waals surface area contributed by atoms with Crippen molar-refractivity contribution in [1.29, 1.82) is 0 Å². The fraction of sp³-hybridized carbons (Fsp3) is 0.222. The Morgan fingerprint density at radius 1 is 0.850 bits per heavy atom. The first kappa shape index (κ1) is 39.3. The summed E-state index contributed by atoms with van der Waals surface area (Å²) in [5.41, 5.74) is 2.08. The number of hydrazine groups is 1. The first-order valence-electron chi connectivity index (χ1n) is 19.0. The summed E-state index contributed by atoms with van der Waals surface area (Å²) >= 11 is 12.7. The smallest absolute Gasteiger partial charge is 0.417 e. The molecule has 304 valence electrons. The number of benzene rings is 4. The van der Waals surface area contributed by atoms with Crippen LogP contribution in [-0.4, -0.2) is 38.7 Å². The molecule has 4 aliphatic rings. The molecule has 9 rings (SSSR count). The first-order chi connectivity index (χ1) is 28.8. The van der Waals surface area contributed by atoms with Gasteiger partial charge < -0.3 is 9.84 Å². The number of rotatable bonds is 8. The number of anilines is 2. The Labute approximate surface area is 351 Å². The largest absolute Gasteiger partial charge is 0.508 e. The van der Waals surface area contributed by atoms with E-state index in [4.69, 9.17) is 27.9 Å². The lowest BCUT2D eigenvalue weighted by molar-refractivity contribution is -0.139. The van der Waals surface area contributed by atoms with E-state index < -0.39 is 69.5 Å². The molecule has 6 atom stereocenters. The highest BCUT2D eigenvalue weighted by Gasteiger charge is 2.70. The fourth-order valence-electron chi connectivity index (χ4n) is 9.56. The maximum Gasteiger partial charge on any atom is 0.417 e. The van der Waals surface area contributed by atoms with Gasteiger partial charge in [0.15, 0.2) is 5.82 Å². The van der Waals surface area contributed by atoms with Gasteiger partial charge in [-0.2, -0.15) is 18.2 Å². The zero-order chi connectivity index (χ0) is 42.1. The first-order valence-corrected chi connectivity index (χ1v) is 19.8. The lowest BCUT2D eigenvalue weighted by Crippen LogP contribution is -2.53. The summed E-state index contributed by atoms with van der Waals surface area (Å²) in [5, 5.41) is 12.5. The van der Waals surface area contributed by atoms with Gasteiger partial charge in [0.1, 0.15) is 18.1 Å². The maximum atomic E-state index is 15.5. The number of phenolic OH excluding ortho intramolecular Hbond substituents is 1. The highest BCUT2D eigenvalue weighted by molar-refractivity contribution is 6.33. The van der Waals surface area contributed by atoms with Crippen molar-refractivity contribution in [3.8, 4) is 11.5 Å². The molecule has 0 radical (unpaired) electrons. The van der Waals surface area contributed by atoms with Crippen molar-refractivity contribution in [3.63, 3.8) is 0 Å². The number of aromatic nitrogens is 1. The van der Waals surface area contributed by atoms with Crippen LogP contribution < -0.4 is 15.1 Å². The van der Waals surface area contributed by atoms with Gasteiger partial charge >= 0.3 is 6.18 Å². The Balaban J connectivity index is 1.20. The molecule has 6 unspecified atom stereocenters. The number of carbonyl (C=O) groups excluding carboxylic acids is 4. The van der Waals surface area contributed by atoms with Crippen LogP contribution in [0.1, 0.15) is 41.0 Å². The van der Waals surface area contributed by atoms with Crippen LogP contribution in [0.4, 0.5) is 24.7 Å². The van der Waals surface area contributed by atoms with Crippen molar-refractivity contribution in [2.24, 2.45) is 23.7 Å². The molecular formula is C45H33Cl2F3N4O6. The van der Waals surface area contributed by atoms with E-state index >= 15 is 4.79 Å². The third-order valence-corrected chi connectivity index (χ3v) is 12.7. The molecule has 60 heavy (non-hydrogen) atoms. The number of phenols is 1. The number of hydrogen-bond acceptors (Lipinski definition) is 8. The van der Waals surface area contributed by atoms with Gasteiger partial charge in [0.2, 0.25) is 11.8 Å². The predicted molar refractivity (Wildman–Crippen MR) is 215 cm³/mol. The number of nitrogens with zero attached hydrogens (tertiary/aromatic N) is 3. The van der Waals surface area contributed by atoms with Crippen molar-refractivity contribution in [3.05, 3.63) is 159 Å². The normalized spacial score (nSPS) is 24.8. The number of imide groups is 2. The molecule has 4 aromatic carbocycles. The summed E-state index contributed by atoms with van der Waals surface area (Å²) in [5.74, 6) is -7.59. The number of fused-ring (bicyclic) bond motifs is 4. The molecule has 1 saturated carbocycles. The third-order valence-electron chi connectivity index (χ3n) is 12.1. The number of aromatic hydroxyl groups is 1. The number of alkyl halides is 3. The lowest BCUT2D eigenvalue weighted by atomic mass is 9.49. The molecule has 0 spiro atoms. The molecule has 4 amide bonds. The van der Waals surface area contributed by atoms with E-state index in [9.17, 15) is 32.7 Å². The Hall–Kier alpha value is -6.18. The monoisotopic (exact) mass is 852 g/mol. The van der Waals surface area contributed by atoms with E-state index in [-0.39, 0.29) is 42.5 Å². The highest BCUT2D eigenvalue weighted by Crippen LogP contribution is 2.65. The molecule has 10 nitrogen and oxygen atoms in total. The summed E-state index contributed by atoms with van der Waals surface area (Å²) < 4.78 is 46.7. The minimum atomic E-state index is -4.77. The summed E-state index contributed by atoms with van der Waals surface area (Å²) in [6.07, 6.45) is -2.34. The number of allylic oxidation sites excluding steroid dienone is 2. The molecule has 2 saturated heterocycles. The minimum Gasteiger partial charge on any atom is -0.508 e. The van der Waals surface area contributed by atoms with Crippen molar-refractivity contribution in [2.45, 2.75) is 37.0 Å². The number of amides is 4. The topological polar surface area (TPSA) is 129 Å². The van der Waals surface area contributed by atoms with Gasteiger partial charge in [-0.25, -0.2) is 4.98 Å². The molecular weight excluding hydrogens is 820 g/mol. The van der Waals surface area contributed by atoms with Gasteiger partial charge in [0.05, 0.1) is 39.4 Å². The number of carbonyl (C=O) groups is 4. The molecule has 0 bridgehead atoms. The van der Waals surface area contributed by atoms with Crippen LogP contribution in [0.5, 0.6) is 11.5 Å². The van der Waals surface area contributed by atoms with Gasteiger partial charge in [-0.05, 0) is 66.3 Å². The van der Waals surface area contributed by atoms with Crippen LogP contribution in [0.2, 0.25) is 10.0 Å². The van der Waals surface area contributed by atoms with E-state index in [0.29, 0.717) is 44.9 Å². The minimum absolute atomic E-state index is 0.0796. The average Bonchev–Trinajstić information content (AvgIpc) is 3.62. The molecule has 3 fully saturated rings. The summed E-state index contributed by atoms with van der Waals surface area (Å²) in [7, 11) is 0. The van der Waals surface area contributed by atoms with Crippen molar-refractivity contribution in [2.75, 3.05) is 10.3 Å². The molecule has 15 heteroatoms. The molecule has 5 aromatic rings. The van der Waals surface area contributed by atoms with Gasteiger partial charge in [-0.1, -0.05) is 102 Å². The van der Waals surface area contributed by atoms with Crippen LogP contribution in [0.15, 0.2) is 127 Å². The predicted octanol–water partition coefficient (Wildman–Crippen LogP) is 8.88. The molecule has 1 aromatic heterocycles. The summed E-state index contributed by atoms with van der Waals surface area (Å²) in [6, 6.07) is 29.6. The Morgan fingerprint density at radius 3 is 2.22 bits per heavy atom. The Bertz CT molecular complexity index is 2590. The number of ether oxygens (including phenoxy) is 1. The van der Waals surface area contributed by atoms with Gasteiger partial charge in [-0.3, -0.25) is 29.5 Å². The lowest BCUT2D eigenvalue weighted by Gasteiger charge is -2.50. The molecule has 2 aliphatic heterocycles.